The van der Waals surface area contributed by atoms with Crippen molar-refractivity contribution in [2.75, 3.05) is 39.5 Å². The van der Waals surface area contributed by atoms with Gasteiger partial charge in [-0.3, -0.25) is 4.79 Å². The summed E-state index contributed by atoms with van der Waals surface area (Å²) in [6.07, 6.45) is 1.41. The average molecular weight is 359 g/mol. The van der Waals surface area contributed by atoms with Crippen LogP contribution in [0, 0.1) is 18.8 Å². The molecule has 0 spiro atoms. The number of carbonyl (C=O) groups is 1. The van der Waals surface area contributed by atoms with Crippen molar-refractivity contribution >= 4 is 5.97 Å². The first kappa shape index (κ1) is 20.3. The van der Waals surface area contributed by atoms with Gasteiger partial charge in [0.15, 0.2) is 5.60 Å². The number of hydrogen-bond donors (Lipinski definition) is 0. The Balaban J connectivity index is 1.89. The van der Waals surface area contributed by atoms with E-state index in [1.165, 1.54) is 12.5 Å². The fourth-order valence-electron chi connectivity index (χ4n) is 2.95. The van der Waals surface area contributed by atoms with E-state index in [2.05, 4.69) is 16.7 Å². The molecule has 0 N–H and O–H groups in total. The third kappa shape index (κ3) is 6.70. The van der Waals surface area contributed by atoms with Gasteiger partial charge in [-0.1, -0.05) is 29.5 Å². The first-order chi connectivity index (χ1) is 12.5. The molecule has 1 aliphatic heterocycles. The molecule has 1 aromatic rings. The van der Waals surface area contributed by atoms with Crippen molar-refractivity contribution in [3.8, 4) is 17.6 Å². The summed E-state index contributed by atoms with van der Waals surface area (Å²) in [5.41, 5.74) is 0.484. The van der Waals surface area contributed by atoms with Crippen molar-refractivity contribution in [2.45, 2.75) is 39.2 Å². The van der Waals surface area contributed by atoms with E-state index >= 15 is 0 Å². The predicted octanol–water partition coefficient (Wildman–Crippen LogP) is 2.81. The molecule has 0 atom stereocenters. The van der Waals surface area contributed by atoms with E-state index in [-0.39, 0.29) is 12.6 Å². The molecule has 0 unspecified atom stereocenters. The van der Waals surface area contributed by atoms with Gasteiger partial charge in [0.25, 0.3) is 0 Å². The number of rotatable bonds is 7. The number of nitrogens with zero attached hydrogens (tertiary/aromatic N) is 1. The summed E-state index contributed by atoms with van der Waals surface area (Å²) in [4.78, 5) is 13.9. The summed E-state index contributed by atoms with van der Waals surface area (Å²) in [6.45, 7) is 9.79. The molecule has 26 heavy (non-hydrogen) atoms. The third-order valence-electron chi connectivity index (χ3n) is 4.41. The molecule has 2 rings (SSSR count). The van der Waals surface area contributed by atoms with Crippen molar-refractivity contribution < 1.29 is 19.0 Å². The number of aryl methyl sites for hydroxylation is 1. The van der Waals surface area contributed by atoms with E-state index < -0.39 is 5.60 Å². The molecular formula is C21H29NO4. The molecule has 142 valence electrons. The van der Waals surface area contributed by atoms with E-state index in [4.69, 9.17) is 14.2 Å². The quantitative estimate of drug-likeness (QED) is 0.426. The van der Waals surface area contributed by atoms with Crippen LogP contribution in [0.15, 0.2) is 24.3 Å². The minimum absolute atomic E-state index is 0.278. The monoisotopic (exact) mass is 359 g/mol. The first-order valence-corrected chi connectivity index (χ1v) is 9.22. The molecule has 0 saturated carbocycles. The maximum Gasteiger partial charge on any atom is 0.304 e. The normalized spacial score (nSPS) is 16.4. The van der Waals surface area contributed by atoms with Gasteiger partial charge in [0.1, 0.15) is 12.4 Å². The SMILES string of the molecule is CCOCCN1CCC(C#CCOc2ccc(C)cc2)(OC(C)=O)CC1. The highest BCUT2D eigenvalue weighted by Crippen LogP contribution is 2.26. The lowest BCUT2D eigenvalue weighted by Gasteiger charge is -2.37. The van der Waals surface area contributed by atoms with Gasteiger partial charge in [0, 0.05) is 46.0 Å². The first-order valence-electron chi connectivity index (χ1n) is 9.22. The van der Waals surface area contributed by atoms with Crippen LogP contribution in [0.5, 0.6) is 5.75 Å². The Labute approximate surface area is 156 Å². The minimum atomic E-state index is -0.704. The number of piperidine rings is 1. The van der Waals surface area contributed by atoms with Gasteiger partial charge in [0.05, 0.1) is 6.61 Å². The zero-order valence-corrected chi connectivity index (χ0v) is 16.0. The Kier molecular flexibility index (Phi) is 7.96. The lowest BCUT2D eigenvalue weighted by Crippen LogP contribution is -2.47. The molecule has 0 amide bonds. The second-order valence-corrected chi connectivity index (χ2v) is 6.53. The van der Waals surface area contributed by atoms with E-state index in [0.717, 1.165) is 38.6 Å². The number of hydrogen-bond acceptors (Lipinski definition) is 5. The van der Waals surface area contributed by atoms with Crippen molar-refractivity contribution in [2.24, 2.45) is 0 Å². The second kappa shape index (κ2) is 10.2. The van der Waals surface area contributed by atoms with Crippen molar-refractivity contribution in [1.82, 2.24) is 4.90 Å². The maximum absolute atomic E-state index is 11.5. The highest BCUT2D eigenvalue weighted by Gasteiger charge is 2.35. The van der Waals surface area contributed by atoms with Gasteiger partial charge in [-0.15, -0.1) is 0 Å². The van der Waals surface area contributed by atoms with E-state index in [1.807, 2.05) is 38.1 Å². The Hall–Kier alpha value is -2.03. The number of esters is 1. The summed E-state index contributed by atoms with van der Waals surface area (Å²) in [5, 5.41) is 0. The maximum atomic E-state index is 11.5. The minimum Gasteiger partial charge on any atom is -0.481 e. The zero-order valence-electron chi connectivity index (χ0n) is 16.0. The van der Waals surface area contributed by atoms with Crippen LogP contribution in [0.2, 0.25) is 0 Å². The van der Waals surface area contributed by atoms with Crippen LogP contribution >= 0.6 is 0 Å². The molecule has 0 aliphatic carbocycles. The lowest BCUT2D eigenvalue weighted by molar-refractivity contribution is -0.155. The molecule has 5 heteroatoms. The van der Waals surface area contributed by atoms with Gasteiger partial charge < -0.3 is 19.1 Å². The third-order valence-corrected chi connectivity index (χ3v) is 4.41. The van der Waals surface area contributed by atoms with Crippen molar-refractivity contribution in [3.05, 3.63) is 29.8 Å². The molecule has 0 radical (unpaired) electrons. The Morgan fingerprint density at radius 3 is 2.54 bits per heavy atom. The Morgan fingerprint density at radius 2 is 1.92 bits per heavy atom. The van der Waals surface area contributed by atoms with Crippen LogP contribution in [0.4, 0.5) is 0 Å². The average Bonchev–Trinajstić information content (AvgIpc) is 2.62. The Bertz CT molecular complexity index is 622. The zero-order chi connectivity index (χ0) is 18.8. The standard InChI is InChI=1S/C21H29NO4/c1-4-24-17-15-22-13-11-21(12-14-22,26-19(3)23)10-5-16-25-20-8-6-18(2)7-9-20/h6-9H,4,11-17H2,1-3H3. The lowest BCUT2D eigenvalue weighted by atomic mass is 9.91. The van der Waals surface area contributed by atoms with Gasteiger partial charge in [-0.25, -0.2) is 0 Å². The fourth-order valence-corrected chi connectivity index (χ4v) is 2.95. The molecule has 0 bridgehead atoms. The second-order valence-electron chi connectivity index (χ2n) is 6.53. The molecule has 1 aromatic carbocycles. The Morgan fingerprint density at radius 1 is 1.23 bits per heavy atom. The largest absolute Gasteiger partial charge is 0.481 e. The summed E-state index contributed by atoms with van der Waals surface area (Å²) in [5.74, 6) is 6.70. The number of likely N-dealkylation sites (tertiary alicyclic amines) is 1. The highest BCUT2D eigenvalue weighted by molar-refractivity contribution is 5.67. The number of benzene rings is 1. The van der Waals surface area contributed by atoms with Crippen LogP contribution < -0.4 is 4.74 Å². The summed E-state index contributed by atoms with van der Waals surface area (Å²) in [6, 6.07) is 7.85. The number of carbonyl (C=O) groups excluding carboxylic acids is 1. The van der Waals surface area contributed by atoms with E-state index in [9.17, 15) is 4.79 Å². The molecule has 1 aliphatic rings. The molecular weight excluding hydrogens is 330 g/mol. The van der Waals surface area contributed by atoms with Gasteiger partial charge >= 0.3 is 5.97 Å². The topological polar surface area (TPSA) is 48.0 Å². The smallest absolute Gasteiger partial charge is 0.304 e. The van der Waals surface area contributed by atoms with E-state index in [1.54, 1.807) is 0 Å². The van der Waals surface area contributed by atoms with Crippen LogP contribution in [0.25, 0.3) is 0 Å². The van der Waals surface area contributed by atoms with Crippen molar-refractivity contribution in [3.63, 3.8) is 0 Å². The molecule has 1 fully saturated rings. The highest BCUT2D eigenvalue weighted by atomic mass is 16.6. The summed E-state index contributed by atoms with van der Waals surface area (Å²) < 4.78 is 16.7. The van der Waals surface area contributed by atoms with E-state index in [0.29, 0.717) is 12.8 Å². The molecule has 0 aromatic heterocycles. The number of ether oxygens (including phenoxy) is 3. The van der Waals surface area contributed by atoms with Crippen LogP contribution in [0.1, 0.15) is 32.3 Å². The molecule has 1 saturated heterocycles. The van der Waals surface area contributed by atoms with Gasteiger partial charge in [0.2, 0.25) is 0 Å². The predicted molar refractivity (Wildman–Crippen MR) is 101 cm³/mol. The van der Waals surface area contributed by atoms with Crippen LogP contribution in [-0.4, -0.2) is 55.9 Å². The molecule has 5 nitrogen and oxygen atoms in total. The van der Waals surface area contributed by atoms with Gasteiger partial charge in [-0.05, 0) is 26.0 Å². The van der Waals surface area contributed by atoms with Crippen molar-refractivity contribution in [1.29, 1.82) is 0 Å². The van der Waals surface area contributed by atoms with Crippen LogP contribution in [-0.2, 0) is 14.3 Å². The summed E-state index contributed by atoms with van der Waals surface area (Å²) in [7, 11) is 0. The summed E-state index contributed by atoms with van der Waals surface area (Å²) >= 11 is 0. The van der Waals surface area contributed by atoms with Crippen LogP contribution in [0.3, 0.4) is 0 Å². The molecule has 1 heterocycles. The fraction of sp³-hybridized carbons (Fsp3) is 0.571. The van der Waals surface area contributed by atoms with Gasteiger partial charge in [-0.2, -0.15) is 0 Å².